The molecular formula is C15H18N4O2S. The number of hydrogen-bond acceptors (Lipinski definition) is 6. The van der Waals surface area contributed by atoms with Crippen molar-refractivity contribution < 1.29 is 9.53 Å². The minimum Gasteiger partial charge on any atom is -0.471 e. The van der Waals surface area contributed by atoms with Gasteiger partial charge < -0.3 is 14.5 Å². The molecule has 0 spiro atoms. The van der Waals surface area contributed by atoms with Crippen LogP contribution >= 0.6 is 11.3 Å². The lowest BCUT2D eigenvalue weighted by atomic mass is 10.3. The number of rotatable bonds is 4. The van der Waals surface area contributed by atoms with Crippen LogP contribution in [0.5, 0.6) is 5.88 Å². The second-order valence-electron chi connectivity index (χ2n) is 5.42. The van der Waals surface area contributed by atoms with Crippen molar-refractivity contribution in [3.63, 3.8) is 0 Å². The van der Waals surface area contributed by atoms with Crippen molar-refractivity contribution in [3.05, 3.63) is 34.5 Å². The van der Waals surface area contributed by atoms with E-state index in [2.05, 4.69) is 10.2 Å². The number of anilines is 1. The molecule has 6 nitrogen and oxygen atoms in total. The van der Waals surface area contributed by atoms with Crippen LogP contribution in [-0.2, 0) is 0 Å². The molecule has 3 heterocycles. The van der Waals surface area contributed by atoms with Gasteiger partial charge in [0.1, 0.15) is 6.10 Å². The van der Waals surface area contributed by atoms with Crippen LogP contribution in [-0.4, -0.2) is 54.3 Å². The Kier molecular flexibility index (Phi) is 4.24. The highest BCUT2D eigenvalue weighted by molar-refractivity contribution is 7.08. The first-order valence-corrected chi connectivity index (χ1v) is 8.07. The predicted molar refractivity (Wildman–Crippen MR) is 85.6 cm³/mol. The zero-order valence-electron chi connectivity index (χ0n) is 12.6. The Morgan fingerprint density at radius 1 is 1.36 bits per heavy atom. The Morgan fingerprint density at radius 3 is 2.86 bits per heavy atom. The molecule has 0 bridgehead atoms. The first kappa shape index (κ1) is 14.8. The predicted octanol–water partition coefficient (Wildman–Crippen LogP) is 1.90. The number of amides is 1. The van der Waals surface area contributed by atoms with Crippen molar-refractivity contribution in [2.24, 2.45) is 0 Å². The fourth-order valence-corrected chi connectivity index (χ4v) is 2.99. The minimum atomic E-state index is -0.0258. The maximum absolute atomic E-state index is 12.3. The van der Waals surface area contributed by atoms with Gasteiger partial charge in [0.2, 0.25) is 5.88 Å². The zero-order chi connectivity index (χ0) is 15.5. The van der Waals surface area contributed by atoms with E-state index in [0.717, 1.165) is 17.8 Å². The van der Waals surface area contributed by atoms with Crippen molar-refractivity contribution in [1.29, 1.82) is 0 Å². The van der Waals surface area contributed by atoms with Gasteiger partial charge in [-0.25, -0.2) is 0 Å². The largest absolute Gasteiger partial charge is 0.471 e. The van der Waals surface area contributed by atoms with Gasteiger partial charge in [-0.3, -0.25) is 4.79 Å². The van der Waals surface area contributed by atoms with E-state index in [1.807, 2.05) is 52.9 Å². The molecule has 2 aromatic heterocycles. The van der Waals surface area contributed by atoms with E-state index in [-0.39, 0.29) is 12.0 Å². The van der Waals surface area contributed by atoms with E-state index in [9.17, 15) is 4.79 Å². The van der Waals surface area contributed by atoms with Crippen LogP contribution in [0, 0.1) is 0 Å². The van der Waals surface area contributed by atoms with E-state index >= 15 is 0 Å². The van der Waals surface area contributed by atoms with Crippen molar-refractivity contribution in [2.75, 3.05) is 32.1 Å². The Balaban J connectivity index is 1.58. The van der Waals surface area contributed by atoms with Gasteiger partial charge in [-0.1, -0.05) is 0 Å². The van der Waals surface area contributed by atoms with E-state index in [4.69, 9.17) is 4.74 Å². The number of carbonyl (C=O) groups is 1. The van der Waals surface area contributed by atoms with Gasteiger partial charge in [0.15, 0.2) is 5.82 Å². The number of hydrogen-bond donors (Lipinski definition) is 0. The number of thiophene rings is 1. The third-order valence-corrected chi connectivity index (χ3v) is 4.26. The van der Waals surface area contributed by atoms with Gasteiger partial charge in [-0.2, -0.15) is 11.3 Å². The molecule has 1 aliphatic heterocycles. The number of carbonyl (C=O) groups excluding carboxylic acids is 1. The average Bonchev–Trinajstić information content (AvgIpc) is 3.19. The highest BCUT2D eigenvalue weighted by Crippen LogP contribution is 2.20. The van der Waals surface area contributed by atoms with Gasteiger partial charge in [-0.15, -0.1) is 10.2 Å². The number of likely N-dealkylation sites (tertiary alicyclic amines) is 1. The molecule has 1 saturated heterocycles. The van der Waals surface area contributed by atoms with E-state index < -0.39 is 0 Å². The van der Waals surface area contributed by atoms with Crippen LogP contribution in [0.2, 0.25) is 0 Å². The van der Waals surface area contributed by atoms with Crippen LogP contribution in [0.4, 0.5) is 5.82 Å². The highest BCUT2D eigenvalue weighted by atomic mass is 32.1. The first-order chi connectivity index (χ1) is 10.6. The van der Waals surface area contributed by atoms with Crippen molar-refractivity contribution in [3.8, 4) is 5.88 Å². The van der Waals surface area contributed by atoms with Gasteiger partial charge in [0.05, 0.1) is 12.1 Å². The van der Waals surface area contributed by atoms with E-state index in [1.54, 1.807) is 0 Å². The summed E-state index contributed by atoms with van der Waals surface area (Å²) < 4.78 is 5.82. The molecule has 0 aliphatic carbocycles. The molecule has 22 heavy (non-hydrogen) atoms. The Labute approximate surface area is 133 Å². The Morgan fingerprint density at radius 2 is 2.23 bits per heavy atom. The molecule has 3 rings (SSSR count). The normalized spacial score (nSPS) is 17.5. The maximum atomic E-state index is 12.3. The fourth-order valence-electron chi connectivity index (χ4n) is 2.36. The van der Waals surface area contributed by atoms with Gasteiger partial charge in [0.25, 0.3) is 5.91 Å². The number of ether oxygens (including phenoxy) is 1. The molecule has 7 heteroatoms. The molecule has 0 N–H and O–H groups in total. The SMILES string of the molecule is CN(C)c1ccc(O[C@H]2CCN(C(=O)c3ccsc3)C2)nn1. The molecule has 0 saturated carbocycles. The molecule has 1 amide bonds. The van der Waals surface area contributed by atoms with Crippen LogP contribution in [0.3, 0.4) is 0 Å². The second kappa shape index (κ2) is 6.31. The third kappa shape index (κ3) is 3.19. The van der Waals surface area contributed by atoms with Crippen molar-refractivity contribution in [1.82, 2.24) is 15.1 Å². The molecule has 116 valence electrons. The van der Waals surface area contributed by atoms with Crippen LogP contribution in [0.25, 0.3) is 0 Å². The maximum Gasteiger partial charge on any atom is 0.254 e. The minimum absolute atomic E-state index is 0.0258. The molecule has 1 atom stereocenters. The standard InChI is InChI=1S/C15H18N4O2S/c1-18(2)13-3-4-14(17-16-13)21-12-5-7-19(9-12)15(20)11-6-8-22-10-11/h3-4,6,8,10,12H,5,7,9H2,1-2H3/t12-/m0/s1. The Bertz CT molecular complexity index is 628. The van der Waals surface area contributed by atoms with E-state index in [0.29, 0.717) is 19.0 Å². The topological polar surface area (TPSA) is 58.6 Å². The summed E-state index contributed by atoms with van der Waals surface area (Å²) >= 11 is 1.53. The average molecular weight is 318 g/mol. The molecule has 0 radical (unpaired) electrons. The van der Waals surface area contributed by atoms with Crippen LogP contribution < -0.4 is 9.64 Å². The highest BCUT2D eigenvalue weighted by Gasteiger charge is 2.28. The molecule has 1 aliphatic rings. The molecular weight excluding hydrogens is 300 g/mol. The molecule has 2 aromatic rings. The third-order valence-electron chi connectivity index (χ3n) is 3.57. The smallest absolute Gasteiger partial charge is 0.254 e. The quantitative estimate of drug-likeness (QED) is 0.862. The lowest BCUT2D eigenvalue weighted by Gasteiger charge is -2.16. The lowest BCUT2D eigenvalue weighted by molar-refractivity contribution is 0.0771. The van der Waals surface area contributed by atoms with Crippen LogP contribution in [0.15, 0.2) is 29.0 Å². The first-order valence-electron chi connectivity index (χ1n) is 7.12. The monoisotopic (exact) mass is 318 g/mol. The fraction of sp³-hybridized carbons (Fsp3) is 0.400. The Hall–Kier alpha value is -2.15. The molecule has 1 fully saturated rings. The molecule has 0 unspecified atom stereocenters. The van der Waals surface area contributed by atoms with E-state index in [1.165, 1.54) is 11.3 Å². The van der Waals surface area contributed by atoms with Gasteiger partial charge in [0, 0.05) is 38.5 Å². The summed E-state index contributed by atoms with van der Waals surface area (Å²) in [5, 5.41) is 11.9. The zero-order valence-corrected chi connectivity index (χ0v) is 13.4. The van der Waals surface area contributed by atoms with Gasteiger partial charge in [-0.05, 0) is 17.5 Å². The van der Waals surface area contributed by atoms with Gasteiger partial charge >= 0.3 is 0 Å². The summed E-state index contributed by atoms with van der Waals surface area (Å²) in [6, 6.07) is 5.53. The summed E-state index contributed by atoms with van der Waals surface area (Å²) in [6.45, 7) is 1.30. The number of nitrogens with zero attached hydrogens (tertiary/aromatic N) is 4. The molecule has 0 aromatic carbocycles. The van der Waals surface area contributed by atoms with Crippen molar-refractivity contribution in [2.45, 2.75) is 12.5 Å². The summed E-state index contributed by atoms with van der Waals surface area (Å²) in [5.74, 6) is 1.36. The summed E-state index contributed by atoms with van der Waals surface area (Å²) in [6.07, 6.45) is 0.787. The van der Waals surface area contributed by atoms with Crippen LogP contribution in [0.1, 0.15) is 16.8 Å². The summed E-state index contributed by atoms with van der Waals surface area (Å²) in [7, 11) is 3.82. The van der Waals surface area contributed by atoms with Crippen molar-refractivity contribution >= 4 is 23.1 Å². The number of aromatic nitrogens is 2. The summed E-state index contributed by atoms with van der Waals surface area (Å²) in [4.78, 5) is 16.0. The second-order valence-corrected chi connectivity index (χ2v) is 6.20. The lowest BCUT2D eigenvalue weighted by Crippen LogP contribution is -2.30. The summed E-state index contributed by atoms with van der Waals surface area (Å²) in [5.41, 5.74) is 0.751.